The van der Waals surface area contributed by atoms with Crippen LogP contribution >= 0.6 is 0 Å². The first-order chi connectivity index (χ1) is 8.06. The van der Waals surface area contributed by atoms with E-state index in [4.69, 9.17) is 5.73 Å². The van der Waals surface area contributed by atoms with Crippen molar-refractivity contribution in [3.63, 3.8) is 0 Å². The molecule has 1 atom stereocenters. The number of aromatic nitrogens is 2. The summed E-state index contributed by atoms with van der Waals surface area (Å²) >= 11 is 0. The van der Waals surface area contributed by atoms with Gasteiger partial charge < -0.3 is 5.73 Å². The van der Waals surface area contributed by atoms with Crippen LogP contribution in [0.25, 0.3) is 0 Å². The summed E-state index contributed by atoms with van der Waals surface area (Å²) in [5, 5.41) is 4.27. The number of halogens is 1. The lowest BCUT2D eigenvalue weighted by molar-refractivity contribution is 0.619. The van der Waals surface area contributed by atoms with Crippen molar-refractivity contribution in [2.75, 3.05) is 0 Å². The molecule has 0 bridgehead atoms. The van der Waals surface area contributed by atoms with Gasteiger partial charge in [-0.05, 0) is 30.7 Å². The van der Waals surface area contributed by atoms with Gasteiger partial charge in [0.05, 0.1) is 5.69 Å². The quantitative estimate of drug-likeness (QED) is 0.882. The van der Waals surface area contributed by atoms with Crippen LogP contribution in [0.2, 0.25) is 0 Å². The van der Waals surface area contributed by atoms with E-state index in [1.807, 2.05) is 24.7 Å². The fourth-order valence-corrected chi connectivity index (χ4v) is 1.91. The predicted molar refractivity (Wildman–Crippen MR) is 65.0 cm³/mol. The molecule has 0 aliphatic carbocycles. The van der Waals surface area contributed by atoms with Crippen LogP contribution in [0.3, 0.4) is 0 Å². The van der Waals surface area contributed by atoms with Crippen LogP contribution < -0.4 is 5.73 Å². The van der Waals surface area contributed by atoms with Crippen LogP contribution in [-0.4, -0.2) is 9.78 Å². The molecule has 0 amide bonds. The molecule has 0 fully saturated rings. The van der Waals surface area contributed by atoms with E-state index in [1.165, 1.54) is 12.1 Å². The Morgan fingerprint density at radius 2 is 2.00 bits per heavy atom. The van der Waals surface area contributed by atoms with Gasteiger partial charge in [0, 0.05) is 25.2 Å². The Kier molecular flexibility index (Phi) is 3.24. The van der Waals surface area contributed by atoms with E-state index in [0.29, 0.717) is 6.42 Å². The van der Waals surface area contributed by atoms with Crippen LogP contribution in [-0.2, 0) is 13.5 Å². The molecular formula is C13H16FN3. The molecule has 4 heteroatoms. The van der Waals surface area contributed by atoms with Crippen LogP contribution in [0.1, 0.15) is 23.0 Å². The maximum Gasteiger partial charge on any atom is 0.123 e. The first-order valence-corrected chi connectivity index (χ1v) is 5.57. The lowest BCUT2D eigenvalue weighted by Gasteiger charge is -2.11. The third kappa shape index (κ3) is 2.71. The predicted octanol–water partition coefficient (Wildman–Crippen LogP) is 2.11. The van der Waals surface area contributed by atoms with Crippen molar-refractivity contribution in [2.45, 2.75) is 19.4 Å². The topological polar surface area (TPSA) is 43.8 Å². The van der Waals surface area contributed by atoms with Gasteiger partial charge in [0.15, 0.2) is 0 Å². The normalized spacial score (nSPS) is 12.7. The van der Waals surface area contributed by atoms with Gasteiger partial charge in [-0.1, -0.05) is 12.1 Å². The summed E-state index contributed by atoms with van der Waals surface area (Å²) in [7, 11) is 1.90. The van der Waals surface area contributed by atoms with Gasteiger partial charge in [0.1, 0.15) is 5.82 Å². The van der Waals surface area contributed by atoms with Crippen molar-refractivity contribution in [3.05, 3.63) is 53.1 Å². The average Bonchev–Trinajstić information content (AvgIpc) is 2.58. The average molecular weight is 233 g/mol. The summed E-state index contributed by atoms with van der Waals surface area (Å²) < 4.78 is 14.6. The minimum absolute atomic E-state index is 0.134. The van der Waals surface area contributed by atoms with E-state index >= 15 is 0 Å². The molecule has 0 radical (unpaired) electrons. The first-order valence-electron chi connectivity index (χ1n) is 5.57. The summed E-state index contributed by atoms with van der Waals surface area (Å²) in [4.78, 5) is 0. The lowest BCUT2D eigenvalue weighted by Crippen LogP contribution is -2.15. The van der Waals surface area contributed by atoms with E-state index in [1.54, 1.807) is 12.1 Å². The number of rotatable bonds is 3. The molecule has 2 aromatic rings. The molecule has 0 saturated carbocycles. The second kappa shape index (κ2) is 4.67. The Labute approximate surface area is 100 Å². The van der Waals surface area contributed by atoms with Crippen molar-refractivity contribution >= 4 is 0 Å². The summed E-state index contributed by atoms with van der Waals surface area (Å²) in [5.41, 5.74) is 9.09. The number of benzene rings is 1. The maximum absolute atomic E-state index is 12.8. The number of hydrogen-bond acceptors (Lipinski definition) is 2. The van der Waals surface area contributed by atoms with Gasteiger partial charge in [-0.2, -0.15) is 5.10 Å². The Morgan fingerprint density at radius 1 is 1.35 bits per heavy atom. The molecule has 90 valence electrons. The Bertz CT molecular complexity index is 502. The van der Waals surface area contributed by atoms with Crippen molar-refractivity contribution in [1.29, 1.82) is 0 Å². The second-order valence-electron chi connectivity index (χ2n) is 4.26. The molecule has 0 aliphatic heterocycles. The molecular weight excluding hydrogens is 217 g/mol. The van der Waals surface area contributed by atoms with Crippen LogP contribution in [0, 0.1) is 12.7 Å². The summed E-state index contributed by atoms with van der Waals surface area (Å²) in [6, 6.07) is 8.20. The molecule has 17 heavy (non-hydrogen) atoms. The van der Waals surface area contributed by atoms with Crippen LogP contribution in [0.4, 0.5) is 4.39 Å². The van der Waals surface area contributed by atoms with Crippen molar-refractivity contribution in [3.8, 4) is 0 Å². The Hall–Kier alpha value is -1.68. The molecule has 0 spiro atoms. The first kappa shape index (κ1) is 11.8. The van der Waals surface area contributed by atoms with Gasteiger partial charge in [-0.25, -0.2) is 4.39 Å². The zero-order valence-corrected chi connectivity index (χ0v) is 10.0. The highest BCUT2D eigenvalue weighted by molar-refractivity contribution is 5.22. The van der Waals surface area contributed by atoms with Crippen LogP contribution in [0.15, 0.2) is 30.3 Å². The molecule has 2 rings (SSSR count). The molecule has 2 N–H and O–H groups in total. The van der Waals surface area contributed by atoms with Gasteiger partial charge >= 0.3 is 0 Å². The minimum atomic E-state index is -0.239. The zero-order chi connectivity index (χ0) is 12.4. The largest absolute Gasteiger partial charge is 0.324 e. The monoisotopic (exact) mass is 233 g/mol. The number of aryl methyl sites for hydroxylation is 2. The molecule has 0 aliphatic rings. The van der Waals surface area contributed by atoms with Crippen molar-refractivity contribution in [1.82, 2.24) is 9.78 Å². The van der Waals surface area contributed by atoms with Crippen molar-refractivity contribution < 1.29 is 4.39 Å². The minimum Gasteiger partial charge on any atom is -0.324 e. The molecule has 1 heterocycles. The zero-order valence-electron chi connectivity index (χ0n) is 10.0. The highest BCUT2D eigenvalue weighted by Gasteiger charge is 2.10. The van der Waals surface area contributed by atoms with E-state index in [2.05, 4.69) is 5.10 Å². The molecule has 1 unspecified atom stereocenters. The number of nitrogens with zero attached hydrogens (tertiary/aromatic N) is 2. The number of nitrogens with two attached hydrogens (primary N) is 1. The second-order valence-corrected chi connectivity index (χ2v) is 4.26. The number of hydrogen-bond donors (Lipinski definition) is 1. The smallest absolute Gasteiger partial charge is 0.123 e. The molecule has 3 nitrogen and oxygen atoms in total. The van der Waals surface area contributed by atoms with Crippen molar-refractivity contribution in [2.24, 2.45) is 12.8 Å². The van der Waals surface area contributed by atoms with Gasteiger partial charge in [0.2, 0.25) is 0 Å². The standard InChI is InChI=1S/C13H16FN3/c1-9-7-12(17(2)16-9)8-13(15)10-3-5-11(14)6-4-10/h3-7,13H,8,15H2,1-2H3. The lowest BCUT2D eigenvalue weighted by atomic mass is 10.0. The maximum atomic E-state index is 12.8. The Morgan fingerprint density at radius 3 is 2.53 bits per heavy atom. The fraction of sp³-hybridized carbons (Fsp3) is 0.308. The van der Waals surface area contributed by atoms with Crippen LogP contribution in [0.5, 0.6) is 0 Å². The van der Waals surface area contributed by atoms with Gasteiger partial charge in [-0.15, -0.1) is 0 Å². The molecule has 0 saturated heterocycles. The third-order valence-electron chi connectivity index (χ3n) is 2.83. The highest BCUT2D eigenvalue weighted by atomic mass is 19.1. The van der Waals surface area contributed by atoms with Gasteiger partial charge in [-0.3, -0.25) is 4.68 Å². The van der Waals surface area contributed by atoms with Gasteiger partial charge in [0.25, 0.3) is 0 Å². The fourth-order valence-electron chi connectivity index (χ4n) is 1.91. The summed E-state index contributed by atoms with van der Waals surface area (Å²) in [5.74, 6) is -0.239. The van der Waals surface area contributed by atoms with E-state index in [0.717, 1.165) is 17.0 Å². The molecule has 1 aromatic carbocycles. The highest BCUT2D eigenvalue weighted by Crippen LogP contribution is 2.16. The van der Waals surface area contributed by atoms with E-state index in [9.17, 15) is 4.39 Å². The van der Waals surface area contributed by atoms with E-state index < -0.39 is 0 Å². The molecule has 1 aromatic heterocycles. The van der Waals surface area contributed by atoms with E-state index in [-0.39, 0.29) is 11.9 Å². The summed E-state index contributed by atoms with van der Waals surface area (Å²) in [6.45, 7) is 1.95. The Balaban J connectivity index is 2.13. The third-order valence-corrected chi connectivity index (χ3v) is 2.83. The summed E-state index contributed by atoms with van der Waals surface area (Å²) in [6.07, 6.45) is 0.697. The SMILES string of the molecule is Cc1cc(CC(N)c2ccc(F)cc2)n(C)n1.